The lowest BCUT2D eigenvalue weighted by Crippen LogP contribution is -2.46. The van der Waals surface area contributed by atoms with Gasteiger partial charge in [0.05, 0.1) is 5.41 Å². The number of hydrogen-bond donors (Lipinski definition) is 1. The molecule has 1 aliphatic carbocycles. The standard InChI is InChI=1S/C21H26N4O/c1-14-6-11-18(23-13-14)24-15-7-9-16(10-8-15)25-19-17(5-4-12-22-19)21(2,3)20(25)26/h4-6,11-13,15-16H,7-10H2,1-3H3,(H,23,24)/t15-,16-. The monoisotopic (exact) mass is 350 g/mol. The highest BCUT2D eigenvalue weighted by Crippen LogP contribution is 2.43. The summed E-state index contributed by atoms with van der Waals surface area (Å²) in [6.07, 6.45) is 7.72. The van der Waals surface area contributed by atoms with E-state index in [0.717, 1.165) is 42.9 Å². The first-order valence-electron chi connectivity index (χ1n) is 9.45. The van der Waals surface area contributed by atoms with E-state index in [0.29, 0.717) is 6.04 Å². The number of carbonyl (C=O) groups is 1. The Morgan fingerprint density at radius 1 is 1.12 bits per heavy atom. The van der Waals surface area contributed by atoms with E-state index in [9.17, 15) is 4.79 Å². The summed E-state index contributed by atoms with van der Waals surface area (Å²) >= 11 is 0. The van der Waals surface area contributed by atoms with Gasteiger partial charge in [0.2, 0.25) is 5.91 Å². The second-order valence-corrected chi connectivity index (χ2v) is 8.05. The van der Waals surface area contributed by atoms with Crippen LogP contribution in [0.4, 0.5) is 11.6 Å². The summed E-state index contributed by atoms with van der Waals surface area (Å²) in [5.74, 6) is 1.98. The van der Waals surface area contributed by atoms with Gasteiger partial charge in [-0.3, -0.25) is 9.69 Å². The number of nitrogens with zero attached hydrogens (tertiary/aromatic N) is 3. The Bertz CT molecular complexity index is 807. The van der Waals surface area contributed by atoms with Crippen LogP contribution in [0.1, 0.15) is 50.7 Å². The highest BCUT2D eigenvalue weighted by atomic mass is 16.2. The van der Waals surface area contributed by atoms with E-state index in [4.69, 9.17) is 0 Å². The molecular weight excluding hydrogens is 324 g/mol. The summed E-state index contributed by atoms with van der Waals surface area (Å²) in [6.45, 7) is 6.06. The zero-order valence-corrected chi connectivity index (χ0v) is 15.7. The molecule has 1 N–H and O–H groups in total. The van der Waals surface area contributed by atoms with Crippen LogP contribution in [0.5, 0.6) is 0 Å². The average Bonchev–Trinajstić information content (AvgIpc) is 2.85. The topological polar surface area (TPSA) is 58.1 Å². The molecule has 1 amide bonds. The molecule has 0 atom stereocenters. The molecule has 0 radical (unpaired) electrons. The Morgan fingerprint density at radius 3 is 2.58 bits per heavy atom. The van der Waals surface area contributed by atoms with Crippen LogP contribution in [0.2, 0.25) is 0 Å². The number of amides is 1. The summed E-state index contributed by atoms with van der Waals surface area (Å²) in [5.41, 5.74) is 1.74. The number of nitrogens with one attached hydrogen (secondary N) is 1. The number of anilines is 2. The van der Waals surface area contributed by atoms with Crippen molar-refractivity contribution in [1.82, 2.24) is 9.97 Å². The maximum atomic E-state index is 13.0. The summed E-state index contributed by atoms with van der Waals surface area (Å²) in [7, 11) is 0. The molecule has 5 heteroatoms. The fourth-order valence-corrected chi connectivity index (χ4v) is 4.17. The molecule has 0 bridgehead atoms. The second-order valence-electron chi connectivity index (χ2n) is 8.05. The third kappa shape index (κ3) is 2.85. The number of fused-ring (bicyclic) bond motifs is 1. The second kappa shape index (κ2) is 6.38. The molecule has 0 aromatic carbocycles. The quantitative estimate of drug-likeness (QED) is 0.914. The molecule has 26 heavy (non-hydrogen) atoms. The minimum Gasteiger partial charge on any atom is -0.367 e. The molecule has 1 saturated carbocycles. The molecule has 1 fully saturated rings. The maximum Gasteiger partial charge on any atom is 0.238 e. The van der Waals surface area contributed by atoms with E-state index >= 15 is 0 Å². The van der Waals surface area contributed by atoms with Gasteiger partial charge in [-0.1, -0.05) is 12.1 Å². The van der Waals surface area contributed by atoms with Gasteiger partial charge in [0, 0.05) is 30.0 Å². The Hall–Kier alpha value is -2.43. The van der Waals surface area contributed by atoms with Gasteiger partial charge in [0.15, 0.2) is 0 Å². The minimum atomic E-state index is -0.482. The van der Waals surface area contributed by atoms with Gasteiger partial charge < -0.3 is 5.32 Å². The van der Waals surface area contributed by atoms with E-state index in [1.165, 1.54) is 5.56 Å². The third-order valence-corrected chi connectivity index (χ3v) is 5.77. The average molecular weight is 350 g/mol. The molecule has 136 valence electrons. The number of rotatable bonds is 3. The van der Waals surface area contributed by atoms with Crippen molar-refractivity contribution < 1.29 is 4.79 Å². The van der Waals surface area contributed by atoms with Gasteiger partial charge >= 0.3 is 0 Å². The van der Waals surface area contributed by atoms with Crippen molar-refractivity contribution in [1.29, 1.82) is 0 Å². The number of hydrogen-bond acceptors (Lipinski definition) is 4. The molecule has 0 unspecified atom stereocenters. The van der Waals surface area contributed by atoms with Gasteiger partial charge in [-0.05, 0) is 64.2 Å². The van der Waals surface area contributed by atoms with Crippen molar-refractivity contribution in [2.24, 2.45) is 0 Å². The van der Waals surface area contributed by atoms with E-state index < -0.39 is 5.41 Å². The first-order valence-corrected chi connectivity index (χ1v) is 9.45. The minimum absolute atomic E-state index is 0.183. The Kier molecular flexibility index (Phi) is 4.17. The van der Waals surface area contributed by atoms with Crippen LogP contribution in [0.3, 0.4) is 0 Å². The lowest BCUT2D eigenvalue weighted by molar-refractivity contribution is -0.122. The number of aryl methyl sites for hydroxylation is 1. The van der Waals surface area contributed by atoms with Crippen molar-refractivity contribution in [3.8, 4) is 0 Å². The van der Waals surface area contributed by atoms with Crippen molar-refractivity contribution in [3.05, 3.63) is 47.8 Å². The lowest BCUT2D eigenvalue weighted by Gasteiger charge is -2.35. The van der Waals surface area contributed by atoms with Crippen LogP contribution in [0.25, 0.3) is 0 Å². The lowest BCUT2D eigenvalue weighted by atomic mass is 9.86. The van der Waals surface area contributed by atoms with Gasteiger partial charge in [-0.2, -0.15) is 0 Å². The summed E-state index contributed by atoms with van der Waals surface area (Å²) in [6, 6.07) is 8.73. The normalized spacial score (nSPS) is 24.4. The van der Waals surface area contributed by atoms with Gasteiger partial charge in [-0.25, -0.2) is 9.97 Å². The van der Waals surface area contributed by atoms with Crippen LogP contribution in [-0.2, 0) is 10.2 Å². The smallest absolute Gasteiger partial charge is 0.238 e. The van der Waals surface area contributed by atoms with E-state index in [2.05, 4.69) is 21.4 Å². The van der Waals surface area contributed by atoms with E-state index in [1.807, 2.05) is 50.1 Å². The molecular formula is C21H26N4O. The highest BCUT2D eigenvalue weighted by Gasteiger charge is 2.47. The highest BCUT2D eigenvalue weighted by molar-refractivity contribution is 6.07. The van der Waals surface area contributed by atoms with Crippen LogP contribution in [-0.4, -0.2) is 28.0 Å². The number of pyridine rings is 2. The number of carbonyl (C=O) groups excluding carboxylic acids is 1. The Labute approximate surface area is 154 Å². The van der Waals surface area contributed by atoms with Crippen LogP contribution < -0.4 is 10.2 Å². The molecule has 2 aliphatic rings. The predicted molar refractivity (Wildman–Crippen MR) is 103 cm³/mol. The molecule has 1 aliphatic heterocycles. The van der Waals surface area contributed by atoms with Crippen molar-refractivity contribution in [2.75, 3.05) is 10.2 Å². The SMILES string of the molecule is Cc1ccc(N[C@H]2CC[C@H](N3C(=O)C(C)(C)c4cccnc43)CC2)nc1. The first-order chi connectivity index (χ1) is 12.5. The molecule has 0 spiro atoms. The Balaban J connectivity index is 1.45. The van der Waals surface area contributed by atoms with Crippen molar-refractivity contribution in [3.63, 3.8) is 0 Å². The third-order valence-electron chi connectivity index (χ3n) is 5.77. The van der Waals surface area contributed by atoms with Crippen LogP contribution in [0, 0.1) is 6.92 Å². The fourth-order valence-electron chi connectivity index (χ4n) is 4.17. The zero-order valence-electron chi connectivity index (χ0n) is 15.7. The summed E-state index contributed by atoms with van der Waals surface area (Å²) in [4.78, 5) is 24.0. The van der Waals surface area contributed by atoms with Gasteiger partial charge in [0.1, 0.15) is 11.6 Å². The molecule has 0 saturated heterocycles. The molecule has 3 heterocycles. The van der Waals surface area contributed by atoms with E-state index in [1.54, 1.807) is 6.20 Å². The predicted octanol–water partition coefficient (Wildman–Crippen LogP) is 3.83. The molecule has 5 nitrogen and oxygen atoms in total. The largest absolute Gasteiger partial charge is 0.367 e. The van der Waals surface area contributed by atoms with E-state index in [-0.39, 0.29) is 11.9 Å². The molecule has 2 aromatic rings. The maximum absolute atomic E-state index is 13.0. The number of aromatic nitrogens is 2. The van der Waals surface area contributed by atoms with Gasteiger partial charge in [-0.15, -0.1) is 0 Å². The van der Waals surface area contributed by atoms with Crippen LogP contribution in [0.15, 0.2) is 36.7 Å². The Morgan fingerprint density at radius 2 is 1.88 bits per heavy atom. The van der Waals surface area contributed by atoms with Crippen molar-refractivity contribution in [2.45, 2.75) is 64.0 Å². The fraction of sp³-hybridized carbons (Fsp3) is 0.476. The summed E-state index contributed by atoms with van der Waals surface area (Å²) < 4.78 is 0. The zero-order chi connectivity index (χ0) is 18.3. The van der Waals surface area contributed by atoms with Crippen molar-refractivity contribution >= 4 is 17.5 Å². The molecule has 4 rings (SSSR count). The first kappa shape index (κ1) is 17.0. The van der Waals surface area contributed by atoms with Crippen LogP contribution >= 0.6 is 0 Å². The van der Waals surface area contributed by atoms with Gasteiger partial charge in [0.25, 0.3) is 0 Å². The molecule has 2 aromatic heterocycles. The summed E-state index contributed by atoms with van der Waals surface area (Å²) in [5, 5.41) is 3.54.